The highest BCUT2D eigenvalue weighted by Crippen LogP contribution is 2.26. The molecule has 3 fully saturated rings. The Morgan fingerprint density at radius 2 is 1.76 bits per heavy atom. The van der Waals surface area contributed by atoms with Crippen molar-refractivity contribution in [3.05, 3.63) is 23.2 Å². The molecule has 0 saturated carbocycles. The highest BCUT2D eigenvalue weighted by Gasteiger charge is 2.30. The Balaban J connectivity index is 1.38. The van der Waals surface area contributed by atoms with E-state index in [0.29, 0.717) is 6.04 Å². The summed E-state index contributed by atoms with van der Waals surface area (Å²) < 4.78 is 11.4. The average molecular weight is 404 g/mol. The van der Waals surface area contributed by atoms with Gasteiger partial charge >= 0.3 is 0 Å². The second-order valence-corrected chi connectivity index (χ2v) is 8.91. The quantitative estimate of drug-likeness (QED) is 0.729. The third kappa shape index (κ3) is 5.41. The molecule has 6 heteroatoms. The molecular weight excluding hydrogens is 366 g/mol. The SMILES string of the molecule is Cc1oc(CN2CCOCC2)cc1C(=O)N1CCCCC1CCN1CCCCC1. The number of carbonyl (C=O) groups excluding carboxylic acids is 1. The molecule has 1 unspecified atom stereocenters. The predicted octanol–water partition coefficient (Wildman–Crippen LogP) is 3.29. The number of carbonyl (C=O) groups is 1. The van der Waals surface area contributed by atoms with E-state index in [0.717, 1.165) is 82.3 Å². The van der Waals surface area contributed by atoms with Crippen LogP contribution >= 0.6 is 0 Å². The standard InChI is InChI=1S/C23H37N3O3/c1-19-22(17-21(29-19)18-25-13-15-28-16-14-25)23(27)26-11-6-3-7-20(26)8-12-24-9-4-2-5-10-24/h17,20H,2-16,18H2,1H3. The number of piperidine rings is 2. The topological polar surface area (TPSA) is 49.2 Å². The molecular formula is C23H37N3O3. The Bertz CT molecular complexity index is 662. The second-order valence-electron chi connectivity index (χ2n) is 8.91. The molecule has 4 rings (SSSR count). The lowest BCUT2D eigenvalue weighted by Gasteiger charge is -2.37. The zero-order valence-electron chi connectivity index (χ0n) is 18.0. The summed E-state index contributed by atoms with van der Waals surface area (Å²) in [4.78, 5) is 20.5. The first-order valence-electron chi connectivity index (χ1n) is 11.6. The third-order valence-corrected chi connectivity index (χ3v) is 6.80. The number of likely N-dealkylation sites (tertiary alicyclic amines) is 2. The van der Waals surface area contributed by atoms with E-state index in [9.17, 15) is 4.79 Å². The molecule has 162 valence electrons. The molecule has 1 atom stereocenters. The van der Waals surface area contributed by atoms with Crippen LogP contribution in [0, 0.1) is 6.92 Å². The van der Waals surface area contributed by atoms with Crippen LogP contribution in [0.15, 0.2) is 10.5 Å². The minimum Gasteiger partial charge on any atom is -0.464 e. The molecule has 3 aliphatic heterocycles. The smallest absolute Gasteiger partial charge is 0.257 e. The molecule has 0 spiro atoms. The number of morpholine rings is 1. The molecule has 4 heterocycles. The maximum Gasteiger partial charge on any atom is 0.257 e. The van der Waals surface area contributed by atoms with Crippen molar-refractivity contribution in [2.45, 2.75) is 64.5 Å². The van der Waals surface area contributed by atoms with Gasteiger partial charge in [-0.25, -0.2) is 0 Å². The average Bonchev–Trinajstić information content (AvgIpc) is 3.13. The van der Waals surface area contributed by atoms with E-state index in [1.165, 1.54) is 38.8 Å². The Labute approximate surface area is 175 Å². The van der Waals surface area contributed by atoms with Gasteiger partial charge in [-0.3, -0.25) is 9.69 Å². The highest BCUT2D eigenvalue weighted by molar-refractivity contribution is 5.95. The van der Waals surface area contributed by atoms with Crippen LogP contribution in [-0.4, -0.2) is 79.1 Å². The molecule has 0 radical (unpaired) electrons. The molecule has 6 nitrogen and oxygen atoms in total. The highest BCUT2D eigenvalue weighted by atomic mass is 16.5. The van der Waals surface area contributed by atoms with Crippen LogP contribution in [0.3, 0.4) is 0 Å². The van der Waals surface area contributed by atoms with Crippen LogP contribution in [0.2, 0.25) is 0 Å². The Hall–Kier alpha value is -1.37. The van der Waals surface area contributed by atoms with Gasteiger partial charge in [0.2, 0.25) is 0 Å². The Morgan fingerprint density at radius 3 is 2.55 bits per heavy atom. The van der Waals surface area contributed by atoms with Crippen LogP contribution < -0.4 is 0 Å². The van der Waals surface area contributed by atoms with Crippen LogP contribution in [0.1, 0.15) is 66.8 Å². The molecule has 3 saturated heterocycles. The lowest BCUT2D eigenvalue weighted by molar-refractivity contribution is 0.0312. The number of aryl methyl sites for hydroxylation is 1. The fourth-order valence-electron chi connectivity index (χ4n) is 5.05. The van der Waals surface area contributed by atoms with Crippen LogP contribution in [0.4, 0.5) is 0 Å². The van der Waals surface area contributed by atoms with E-state index in [1.54, 1.807) is 0 Å². The van der Waals surface area contributed by atoms with Crippen molar-refractivity contribution < 1.29 is 13.9 Å². The van der Waals surface area contributed by atoms with E-state index >= 15 is 0 Å². The largest absolute Gasteiger partial charge is 0.464 e. The summed E-state index contributed by atoms with van der Waals surface area (Å²) in [6.07, 6.45) is 8.61. The fourth-order valence-corrected chi connectivity index (χ4v) is 5.05. The van der Waals surface area contributed by atoms with Crippen molar-refractivity contribution in [3.63, 3.8) is 0 Å². The molecule has 29 heavy (non-hydrogen) atoms. The van der Waals surface area contributed by atoms with Crippen molar-refractivity contribution in [2.75, 3.05) is 52.5 Å². The first-order valence-corrected chi connectivity index (χ1v) is 11.6. The maximum absolute atomic E-state index is 13.4. The molecule has 3 aliphatic rings. The molecule has 0 N–H and O–H groups in total. The number of hydrogen-bond acceptors (Lipinski definition) is 5. The zero-order chi connectivity index (χ0) is 20.1. The summed E-state index contributed by atoms with van der Waals surface area (Å²) in [5, 5.41) is 0. The van der Waals surface area contributed by atoms with Gasteiger partial charge in [-0.15, -0.1) is 0 Å². The van der Waals surface area contributed by atoms with Crippen molar-refractivity contribution in [1.29, 1.82) is 0 Å². The van der Waals surface area contributed by atoms with E-state index in [-0.39, 0.29) is 5.91 Å². The number of ether oxygens (including phenoxy) is 1. The fraction of sp³-hybridized carbons (Fsp3) is 0.783. The molecule has 1 amide bonds. The Morgan fingerprint density at radius 1 is 1.00 bits per heavy atom. The predicted molar refractivity (Wildman–Crippen MR) is 113 cm³/mol. The third-order valence-electron chi connectivity index (χ3n) is 6.80. The van der Waals surface area contributed by atoms with Crippen LogP contribution in [-0.2, 0) is 11.3 Å². The summed E-state index contributed by atoms with van der Waals surface area (Å²) in [7, 11) is 0. The van der Waals surface area contributed by atoms with E-state index < -0.39 is 0 Å². The van der Waals surface area contributed by atoms with Crippen molar-refractivity contribution in [3.8, 4) is 0 Å². The number of amides is 1. The van der Waals surface area contributed by atoms with E-state index in [2.05, 4.69) is 14.7 Å². The molecule has 0 aliphatic carbocycles. The van der Waals surface area contributed by atoms with Gasteiger partial charge in [-0.2, -0.15) is 0 Å². The van der Waals surface area contributed by atoms with Crippen LogP contribution in [0.25, 0.3) is 0 Å². The summed E-state index contributed by atoms with van der Waals surface area (Å²) in [5.41, 5.74) is 0.762. The summed E-state index contributed by atoms with van der Waals surface area (Å²) in [6.45, 7) is 10.6. The van der Waals surface area contributed by atoms with Crippen molar-refractivity contribution in [2.24, 2.45) is 0 Å². The van der Waals surface area contributed by atoms with Gasteiger partial charge in [-0.05, 0) is 64.6 Å². The first-order chi connectivity index (χ1) is 14.2. The number of nitrogens with zero attached hydrogens (tertiary/aromatic N) is 3. The monoisotopic (exact) mass is 403 g/mol. The van der Waals surface area contributed by atoms with Gasteiger partial charge in [0.1, 0.15) is 11.5 Å². The van der Waals surface area contributed by atoms with E-state index in [1.807, 2.05) is 13.0 Å². The van der Waals surface area contributed by atoms with E-state index in [4.69, 9.17) is 9.15 Å². The van der Waals surface area contributed by atoms with Crippen molar-refractivity contribution >= 4 is 5.91 Å². The second kappa shape index (κ2) is 10.1. The lowest BCUT2D eigenvalue weighted by atomic mass is 9.97. The molecule has 1 aromatic rings. The van der Waals surface area contributed by atoms with Gasteiger partial charge in [-0.1, -0.05) is 6.42 Å². The number of hydrogen-bond donors (Lipinski definition) is 0. The van der Waals surface area contributed by atoms with Gasteiger partial charge in [0, 0.05) is 32.2 Å². The minimum absolute atomic E-state index is 0.169. The van der Waals surface area contributed by atoms with Gasteiger partial charge in [0.25, 0.3) is 5.91 Å². The van der Waals surface area contributed by atoms with Crippen LogP contribution in [0.5, 0.6) is 0 Å². The lowest BCUT2D eigenvalue weighted by Crippen LogP contribution is -2.45. The Kier molecular flexibility index (Phi) is 7.27. The van der Waals surface area contributed by atoms with Gasteiger partial charge < -0.3 is 19.0 Å². The summed E-state index contributed by atoms with van der Waals surface area (Å²) in [6, 6.07) is 2.36. The molecule has 0 aromatic carbocycles. The molecule has 0 bridgehead atoms. The normalized spacial score (nSPS) is 24.7. The minimum atomic E-state index is 0.169. The number of furan rings is 1. The summed E-state index contributed by atoms with van der Waals surface area (Å²) in [5.74, 6) is 1.83. The van der Waals surface area contributed by atoms with Gasteiger partial charge in [0.15, 0.2) is 0 Å². The molecule has 1 aromatic heterocycles. The zero-order valence-corrected chi connectivity index (χ0v) is 18.0. The van der Waals surface area contributed by atoms with Gasteiger partial charge in [0.05, 0.1) is 25.3 Å². The first kappa shape index (κ1) is 20.9. The maximum atomic E-state index is 13.4. The number of rotatable bonds is 6. The van der Waals surface area contributed by atoms with Crippen molar-refractivity contribution in [1.82, 2.24) is 14.7 Å². The summed E-state index contributed by atoms with van der Waals surface area (Å²) >= 11 is 0.